The number of hydrogen-bond acceptors (Lipinski definition) is 0. The van der Waals surface area contributed by atoms with Crippen LogP contribution in [0.3, 0.4) is 0 Å². The molecule has 0 radical (unpaired) electrons. The van der Waals surface area contributed by atoms with Crippen molar-refractivity contribution >= 4 is 0 Å². The van der Waals surface area contributed by atoms with Gasteiger partial charge in [-0.1, -0.05) is 45.4 Å². The summed E-state index contributed by atoms with van der Waals surface area (Å²) in [7, 11) is 0. The maximum atomic E-state index is 2.47. The van der Waals surface area contributed by atoms with Gasteiger partial charge in [0.1, 0.15) is 0 Å². The van der Waals surface area contributed by atoms with Crippen molar-refractivity contribution in [2.75, 3.05) is 0 Å². The Labute approximate surface area is 70.4 Å². The van der Waals surface area contributed by atoms with Gasteiger partial charge in [-0.05, 0) is 24.2 Å². The highest BCUT2D eigenvalue weighted by Gasteiger charge is 2.31. The third-order valence-electron chi connectivity index (χ3n) is 3.93. The van der Waals surface area contributed by atoms with E-state index in [2.05, 4.69) is 6.92 Å². The van der Waals surface area contributed by atoms with Crippen molar-refractivity contribution < 1.29 is 0 Å². The van der Waals surface area contributed by atoms with Crippen molar-refractivity contribution in [3.05, 3.63) is 0 Å². The Kier molecular flexibility index (Phi) is 2.20. The summed E-state index contributed by atoms with van der Waals surface area (Å²) in [5.41, 5.74) is 0. The summed E-state index contributed by atoms with van der Waals surface area (Å²) in [5, 5.41) is 0. The van der Waals surface area contributed by atoms with Crippen molar-refractivity contribution in [2.45, 2.75) is 51.9 Å². The number of fused-ring (bicyclic) bond motifs is 1. The Balaban J connectivity index is 1.99. The molecule has 0 amide bonds. The highest BCUT2D eigenvalue weighted by Crippen LogP contribution is 2.43. The Morgan fingerprint density at radius 2 is 1.55 bits per heavy atom. The molecule has 0 unspecified atom stereocenters. The summed E-state index contributed by atoms with van der Waals surface area (Å²) in [6.45, 7) is 2.47. The van der Waals surface area contributed by atoms with Crippen LogP contribution >= 0.6 is 0 Å². The van der Waals surface area contributed by atoms with Gasteiger partial charge in [-0.3, -0.25) is 0 Å². The summed E-state index contributed by atoms with van der Waals surface area (Å²) in [6.07, 6.45) is 10.7. The Morgan fingerprint density at radius 1 is 0.818 bits per heavy atom. The van der Waals surface area contributed by atoms with Crippen molar-refractivity contribution in [3.8, 4) is 0 Å². The summed E-state index contributed by atoms with van der Waals surface area (Å²) < 4.78 is 0. The van der Waals surface area contributed by atoms with Gasteiger partial charge in [-0.15, -0.1) is 0 Å². The molecule has 0 N–H and O–H groups in total. The van der Waals surface area contributed by atoms with Crippen LogP contribution in [0.2, 0.25) is 0 Å². The molecule has 0 heteroatoms. The molecule has 0 aromatic heterocycles. The molecule has 3 atom stereocenters. The van der Waals surface area contributed by atoms with E-state index in [0.29, 0.717) is 0 Å². The SMILES string of the molecule is C[C@H]1CCC[C@@H]2CCCC[C@H]21. The molecule has 0 bridgehead atoms. The predicted molar refractivity (Wildman–Crippen MR) is 48.5 cm³/mol. The van der Waals surface area contributed by atoms with Crippen LogP contribution in [0.1, 0.15) is 51.9 Å². The molecule has 2 aliphatic rings. The van der Waals surface area contributed by atoms with Crippen LogP contribution in [-0.4, -0.2) is 0 Å². The monoisotopic (exact) mass is 152 g/mol. The standard InChI is InChI=1S/C11H20/c1-9-5-4-7-10-6-2-3-8-11(9)10/h9-11H,2-8H2,1H3/t9-,10-,11-/m0/s1. The van der Waals surface area contributed by atoms with Gasteiger partial charge in [0.25, 0.3) is 0 Å². The minimum Gasteiger partial charge on any atom is -0.0622 e. The molecule has 11 heavy (non-hydrogen) atoms. The van der Waals surface area contributed by atoms with E-state index in [1.54, 1.807) is 19.3 Å². The highest BCUT2D eigenvalue weighted by molar-refractivity contribution is 4.82. The second-order valence-corrected chi connectivity index (χ2v) is 4.62. The van der Waals surface area contributed by atoms with E-state index in [1.807, 2.05) is 0 Å². The third kappa shape index (κ3) is 1.45. The molecule has 0 aromatic rings. The van der Waals surface area contributed by atoms with Gasteiger partial charge in [0, 0.05) is 0 Å². The smallest absolute Gasteiger partial charge is 0.0360 e. The molecule has 2 fully saturated rings. The molecule has 2 saturated carbocycles. The second-order valence-electron chi connectivity index (χ2n) is 4.62. The molecular weight excluding hydrogens is 132 g/mol. The molecule has 0 heterocycles. The number of hydrogen-bond donors (Lipinski definition) is 0. The molecule has 64 valence electrons. The van der Waals surface area contributed by atoms with Crippen molar-refractivity contribution in [1.82, 2.24) is 0 Å². The van der Waals surface area contributed by atoms with Gasteiger partial charge in [-0.2, -0.15) is 0 Å². The average molecular weight is 152 g/mol. The predicted octanol–water partition coefficient (Wildman–Crippen LogP) is 3.61. The van der Waals surface area contributed by atoms with Gasteiger partial charge in [0.05, 0.1) is 0 Å². The topological polar surface area (TPSA) is 0 Å². The lowest BCUT2D eigenvalue weighted by Crippen LogP contribution is -2.29. The summed E-state index contributed by atoms with van der Waals surface area (Å²) >= 11 is 0. The highest BCUT2D eigenvalue weighted by atomic mass is 14.4. The summed E-state index contributed by atoms with van der Waals surface area (Å²) in [5.74, 6) is 3.30. The van der Waals surface area contributed by atoms with Gasteiger partial charge in [0.15, 0.2) is 0 Å². The minimum absolute atomic E-state index is 1.05. The lowest BCUT2D eigenvalue weighted by atomic mass is 9.66. The first-order valence-electron chi connectivity index (χ1n) is 5.38. The van der Waals surface area contributed by atoms with E-state index in [9.17, 15) is 0 Å². The van der Waals surface area contributed by atoms with Crippen LogP contribution in [0, 0.1) is 17.8 Å². The van der Waals surface area contributed by atoms with Gasteiger partial charge in [-0.25, -0.2) is 0 Å². The maximum absolute atomic E-state index is 2.47. The zero-order valence-electron chi connectivity index (χ0n) is 7.68. The quantitative estimate of drug-likeness (QED) is 0.497. The third-order valence-corrected chi connectivity index (χ3v) is 3.93. The minimum atomic E-state index is 1.05. The fourth-order valence-corrected chi connectivity index (χ4v) is 3.26. The van der Waals surface area contributed by atoms with E-state index in [4.69, 9.17) is 0 Å². The van der Waals surface area contributed by atoms with Crippen LogP contribution in [-0.2, 0) is 0 Å². The summed E-state index contributed by atoms with van der Waals surface area (Å²) in [6, 6.07) is 0. The second kappa shape index (κ2) is 3.16. The molecule has 2 rings (SSSR count). The van der Waals surface area contributed by atoms with Crippen LogP contribution in [0.5, 0.6) is 0 Å². The van der Waals surface area contributed by atoms with E-state index in [0.717, 1.165) is 17.8 Å². The van der Waals surface area contributed by atoms with E-state index >= 15 is 0 Å². The number of rotatable bonds is 0. The zero-order chi connectivity index (χ0) is 7.68. The van der Waals surface area contributed by atoms with Crippen LogP contribution in [0.15, 0.2) is 0 Å². The van der Waals surface area contributed by atoms with Crippen molar-refractivity contribution in [3.63, 3.8) is 0 Å². The van der Waals surface area contributed by atoms with Crippen molar-refractivity contribution in [2.24, 2.45) is 17.8 Å². The van der Waals surface area contributed by atoms with Gasteiger partial charge < -0.3 is 0 Å². The van der Waals surface area contributed by atoms with E-state index in [-0.39, 0.29) is 0 Å². The molecule has 0 saturated heterocycles. The maximum Gasteiger partial charge on any atom is -0.0360 e. The van der Waals surface area contributed by atoms with Gasteiger partial charge in [0.2, 0.25) is 0 Å². The van der Waals surface area contributed by atoms with Crippen molar-refractivity contribution in [1.29, 1.82) is 0 Å². The lowest BCUT2D eigenvalue weighted by molar-refractivity contribution is 0.114. The normalized spacial score (nSPS) is 45.0. The lowest BCUT2D eigenvalue weighted by Gasteiger charge is -2.39. The Hall–Kier alpha value is 0. The molecule has 2 aliphatic carbocycles. The zero-order valence-corrected chi connectivity index (χ0v) is 7.68. The van der Waals surface area contributed by atoms with Crippen LogP contribution in [0.4, 0.5) is 0 Å². The molecule has 0 aromatic carbocycles. The molecule has 0 spiro atoms. The largest absolute Gasteiger partial charge is 0.0622 e. The van der Waals surface area contributed by atoms with Crippen LogP contribution in [0.25, 0.3) is 0 Å². The first kappa shape index (κ1) is 7.64. The van der Waals surface area contributed by atoms with Crippen LogP contribution < -0.4 is 0 Å². The fourth-order valence-electron chi connectivity index (χ4n) is 3.26. The Bertz CT molecular complexity index is 126. The van der Waals surface area contributed by atoms with E-state index < -0.39 is 0 Å². The van der Waals surface area contributed by atoms with E-state index in [1.165, 1.54) is 25.7 Å². The Morgan fingerprint density at radius 3 is 2.36 bits per heavy atom. The molecular formula is C11H20. The van der Waals surface area contributed by atoms with Gasteiger partial charge >= 0.3 is 0 Å². The fraction of sp³-hybridized carbons (Fsp3) is 1.00. The first-order chi connectivity index (χ1) is 5.38. The first-order valence-corrected chi connectivity index (χ1v) is 5.38. The molecule has 0 nitrogen and oxygen atoms in total. The molecule has 0 aliphatic heterocycles. The summed E-state index contributed by atoms with van der Waals surface area (Å²) in [4.78, 5) is 0. The average Bonchev–Trinajstić information content (AvgIpc) is 2.06.